The number of aromatic amines is 1. The molecular formula is C20H23N3O. The molecule has 1 aromatic heterocycles. The lowest BCUT2D eigenvalue weighted by Gasteiger charge is -2.31. The van der Waals surface area contributed by atoms with Crippen LogP contribution in [-0.4, -0.2) is 23.0 Å². The maximum atomic E-state index is 12.1. The largest absolute Gasteiger partial charge is 0.325 e. The molecule has 0 aliphatic carbocycles. The van der Waals surface area contributed by atoms with Crippen LogP contribution >= 0.6 is 0 Å². The molecule has 1 fully saturated rings. The molecule has 4 nitrogen and oxygen atoms in total. The average Bonchev–Trinajstić information content (AvgIpc) is 2.55. The molecule has 1 aromatic carbocycles. The van der Waals surface area contributed by atoms with Gasteiger partial charge in [0.2, 0.25) is 0 Å². The fraction of sp³-hybridized carbons (Fsp3) is 0.400. The SMILES string of the molecule is Cc1cc(-c2ccccc2CN2CCCC(C)C2)c(C#N)c(=O)[nH]1. The Morgan fingerprint density at radius 2 is 2.12 bits per heavy atom. The van der Waals surface area contributed by atoms with Gasteiger partial charge < -0.3 is 4.98 Å². The topological polar surface area (TPSA) is 59.9 Å². The lowest BCUT2D eigenvalue weighted by atomic mass is 9.94. The molecule has 1 aliphatic rings. The third-order valence-electron chi connectivity index (χ3n) is 4.72. The molecule has 24 heavy (non-hydrogen) atoms. The van der Waals surface area contributed by atoms with Crippen molar-refractivity contribution in [3.63, 3.8) is 0 Å². The van der Waals surface area contributed by atoms with Crippen LogP contribution in [0, 0.1) is 24.2 Å². The molecule has 1 aliphatic heterocycles. The minimum atomic E-state index is -0.311. The zero-order chi connectivity index (χ0) is 17.1. The van der Waals surface area contributed by atoms with Gasteiger partial charge >= 0.3 is 0 Å². The molecule has 0 saturated carbocycles. The molecule has 1 unspecified atom stereocenters. The number of rotatable bonds is 3. The van der Waals surface area contributed by atoms with E-state index in [4.69, 9.17) is 0 Å². The van der Waals surface area contributed by atoms with E-state index in [9.17, 15) is 10.1 Å². The molecule has 124 valence electrons. The first-order valence-electron chi connectivity index (χ1n) is 8.53. The van der Waals surface area contributed by atoms with Gasteiger partial charge in [0, 0.05) is 24.3 Å². The molecule has 3 rings (SSSR count). The van der Waals surface area contributed by atoms with Gasteiger partial charge in [-0.1, -0.05) is 31.2 Å². The van der Waals surface area contributed by atoms with Crippen LogP contribution in [0.4, 0.5) is 0 Å². The molecule has 0 amide bonds. The van der Waals surface area contributed by atoms with Gasteiger partial charge in [0.25, 0.3) is 5.56 Å². The Hall–Kier alpha value is -2.38. The van der Waals surface area contributed by atoms with Gasteiger partial charge in [0.05, 0.1) is 0 Å². The minimum absolute atomic E-state index is 0.195. The smallest absolute Gasteiger partial charge is 0.266 e. The highest BCUT2D eigenvalue weighted by Crippen LogP contribution is 2.28. The number of nitriles is 1. The second-order valence-electron chi connectivity index (χ2n) is 6.82. The molecule has 0 spiro atoms. The summed E-state index contributed by atoms with van der Waals surface area (Å²) >= 11 is 0. The molecule has 0 radical (unpaired) electrons. The van der Waals surface area contributed by atoms with Crippen LogP contribution in [0.25, 0.3) is 11.1 Å². The Balaban J connectivity index is 2.01. The Morgan fingerprint density at radius 1 is 1.33 bits per heavy atom. The third kappa shape index (κ3) is 3.42. The lowest BCUT2D eigenvalue weighted by Crippen LogP contribution is -2.33. The van der Waals surface area contributed by atoms with Crippen LogP contribution in [0.1, 0.15) is 36.6 Å². The van der Waals surface area contributed by atoms with Crippen molar-refractivity contribution in [2.75, 3.05) is 13.1 Å². The lowest BCUT2D eigenvalue weighted by molar-refractivity contribution is 0.177. The number of benzene rings is 1. The number of hydrogen-bond acceptors (Lipinski definition) is 3. The Labute approximate surface area is 142 Å². The summed E-state index contributed by atoms with van der Waals surface area (Å²) in [6, 6.07) is 12.1. The number of nitrogens with one attached hydrogen (secondary N) is 1. The van der Waals surface area contributed by atoms with Gasteiger partial charge in [0.15, 0.2) is 0 Å². The summed E-state index contributed by atoms with van der Waals surface area (Å²) in [5.41, 5.74) is 3.55. The summed E-state index contributed by atoms with van der Waals surface area (Å²) in [4.78, 5) is 17.3. The number of hydrogen-bond donors (Lipinski definition) is 1. The minimum Gasteiger partial charge on any atom is -0.325 e. The quantitative estimate of drug-likeness (QED) is 0.942. The van der Waals surface area contributed by atoms with Crippen molar-refractivity contribution >= 4 is 0 Å². The van der Waals surface area contributed by atoms with Gasteiger partial charge in [0.1, 0.15) is 11.6 Å². The van der Waals surface area contributed by atoms with E-state index in [1.165, 1.54) is 18.4 Å². The monoisotopic (exact) mass is 321 g/mol. The molecular weight excluding hydrogens is 298 g/mol. The zero-order valence-corrected chi connectivity index (χ0v) is 14.3. The number of aryl methyl sites for hydroxylation is 1. The van der Waals surface area contributed by atoms with E-state index in [1.807, 2.05) is 31.2 Å². The second-order valence-corrected chi connectivity index (χ2v) is 6.82. The number of H-pyrrole nitrogens is 1. The predicted octanol–water partition coefficient (Wildman–Crippen LogP) is 3.45. The first kappa shape index (κ1) is 16.5. The summed E-state index contributed by atoms with van der Waals surface area (Å²) in [6.07, 6.45) is 2.53. The third-order valence-corrected chi connectivity index (χ3v) is 4.72. The van der Waals surface area contributed by atoms with Crippen molar-refractivity contribution in [3.8, 4) is 17.2 Å². The molecule has 1 saturated heterocycles. The predicted molar refractivity (Wildman–Crippen MR) is 95.6 cm³/mol. The van der Waals surface area contributed by atoms with E-state index in [0.29, 0.717) is 0 Å². The van der Waals surface area contributed by atoms with Crippen molar-refractivity contribution in [1.82, 2.24) is 9.88 Å². The van der Waals surface area contributed by atoms with Gasteiger partial charge in [-0.05, 0) is 49.4 Å². The average molecular weight is 321 g/mol. The first-order chi connectivity index (χ1) is 11.6. The van der Waals surface area contributed by atoms with Crippen molar-refractivity contribution in [3.05, 3.63) is 57.5 Å². The molecule has 0 bridgehead atoms. The van der Waals surface area contributed by atoms with Crippen LogP contribution in [0.2, 0.25) is 0 Å². The molecule has 2 heterocycles. The number of likely N-dealkylation sites (tertiary alicyclic amines) is 1. The van der Waals surface area contributed by atoms with Crippen LogP contribution in [-0.2, 0) is 6.54 Å². The van der Waals surface area contributed by atoms with Crippen molar-refractivity contribution in [2.45, 2.75) is 33.2 Å². The van der Waals surface area contributed by atoms with Gasteiger partial charge in [-0.15, -0.1) is 0 Å². The zero-order valence-electron chi connectivity index (χ0n) is 14.3. The maximum Gasteiger partial charge on any atom is 0.266 e. The first-order valence-corrected chi connectivity index (χ1v) is 8.53. The van der Waals surface area contributed by atoms with E-state index in [0.717, 1.165) is 42.4 Å². The maximum absolute atomic E-state index is 12.1. The number of piperidine rings is 1. The normalized spacial score (nSPS) is 18.3. The van der Waals surface area contributed by atoms with Gasteiger partial charge in [-0.3, -0.25) is 9.69 Å². The van der Waals surface area contributed by atoms with Crippen molar-refractivity contribution in [1.29, 1.82) is 5.26 Å². The van der Waals surface area contributed by atoms with E-state index < -0.39 is 0 Å². The molecule has 1 atom stereocenters. The van der Waals surface area contributed by atoms with Crippen LogP contribution in [0.5, 0.6) is 0 Å². The summed E-state index contributed by atoms with van der Waals surface area (Å²) in [5, 5.41) is 9.42. The number of pyridine rings is 1. The Morgan fingerprint density at radius 3 is 2.88 bits per heavy atom. The summed E-state index contributed by atoms with van der Waals surface area (Å²) in [6.45, 7) is 7.22. The second kappa shape index (κ2) is 7.02. The van der Waals surface area contributed by atoms with E-state index in [2.05, 4.69) is 28.9 Å². The molecule has 1 N–H and O–H groups in total. The number of aromatic nitrogens is 1. The fourth-order valence-corrected chi connectivity index (χ4v) is 3.60. The highest BCUT2D eigenvalue weighted by atomic mass is 16.1. The Kier molecular flexibility index (Phi) is 4.82. The summed E-state index contributed by atoms with van der Waals surface area (Å²) in [7, 11) is 0. The standard InChI is InChI=1S/C20H23N3O/c1-14-6-5-9-23(12-14)13-16-7-3-4-8-17(16)18-10-15(2)22-20(24)19(18)11-21/h3-4,7-8,10,14H,5-6,9,12-13H2,1-2H3,(H,22,24). The van der Waals surface area contributed by atoms with E-state index in [-0.39, 0.29) is 11.1 Å². The summed E-state index contributed by atoms with van der Waals surface area (Å²) in [5.74, 6) is 0.724. The van der Waals surface area contributed by atoms with Crippen molar-refractivity contribution in [2.24, 2.45) is 5.92 Å². The molecule has 2 aromatic rings. The highest BCUT2D eigenvalue weighted by Gasteiger charge is 2.19. The van der Waals surface area contributed by atoms with Crippen LogP contribution in [0.3, 0.4) is 0 Å². The van der Waals surface area contributed by atoms with E-state index >= 15 is 0 Å². The van der Waals surface area contributed by atoms with Crippen LogP contribution < -0.4 is 5.56 Å². The van der Waals surface area contributed by atoms with Gasteiger partial charge in [-0.2, -0.15) is 5.26 Å². The Bertz CT molecular complexity index is 832. The van der Waals surface area contributed by atoms with E-state index in [1.54, 1.807) is 0 Å². The van der Waals surface area contributed by atoms with Crippen LogP contribution in [0.15, 0.2) is 35.1 Å². The highest BCUT2D eigenvalue weighted by molar-refractivity contribution is 5.73. The summed E-state index contributed by atoms with van der Waals surface area (Å²) < 4.78 is 0. The number of nitrogens with zero attached hydrogens (tertiary/aromatic N) is 2. The van der Waals surface area contributed by atoms with Crippen molar-refractivity contribution < 1.29 is 0 Å². The molecule has 4 heteroatoms. The van der Waals surface area contributed by atoms with Gasteiger partial charge in [-0.25, -0.2) is 0 Å². The fourth-order valence-electron chi connectivity index (χ4n) is 3.60.